The summed E-state index contributed by atoms with van der Waals surface area (Å²) >= 11 is 1.68. The number of hydrogen-bond donors (Lipinski definition) is 2. The predicted molar refractivity (Wildman–Crippen MR) is 86.3 cm³/mol. The molecule has 1 saturated heterocycles. The fourth-order valence-corrected chi connectivity index (χ4v) is 3.37. The molecule has 1 aliphatic rings. The Morgan fingerprint density at radius 2 is 2.00 bits per heavy atom. The average molecular weight is 300 g/mol. The summed E-state index contributed by atoms with van der Waals surface area (Å²) in [6.07, 6.45) is 0. The summed E-state index contributed by atoms with van der Waals surface area (Å²) in [7, 11) is 0. The van der Waals surface area contributed by atoms with Crippen LogP contribution in [0.3, 0.4) is 0 Å². The molecule has 0 aliphatic carbocycles. The highest BCUT2D eigenvalue weighted by Crippen LogP contribution is 2.27. The molecule has 2 atom stereocenters. The molecule has 0 bridgehead atoms. The van der Waals surface area contributed by atoms with Gasteiger partial charge in [0, 0.05) is 10.8 Å². The summed E-state index contributed by atoms with van der Waals surface area (Å²) < 4.78 is 0. The van der Waals surface area contributed by atoms with Gasteiger partial charge in [-0.2, -0.15) is 0 Å². The van der Waals surface area contributed by atoms with Crippen molar-refractivity contribution in [2.24, 2.45) is 11.8 Å². The summed E-state index contributed by atoms with van der Waals surface area (Å²) in [6.45, 7) is 3.92. The highest BCUT2D eigenvalue weighted by molar-refractivity contribution is 7.10. The Balaban J connectivity index is 1.78. The first-order valence-electron chi connectivity index (χ1n) is 7.35. The number of nitrogens with one attached hydrogen (secondary N) is 2. The van der Waals surface area contributed by atoms with Crippen LogP contribution in [-0.2, 0) is 4.79 Å². The summed E-state index contributed by atoms with van der Waals surface area (Å²) in [4.78, 5) is 13.7. The predicted octanol–water partition coefficient (Wildman–Crippen LogP) is 2.81. The smallest absolute Gasteiger partial charge is 0.223 e. The van der Waals surface area contributed by atoms with Crippen LogP contribution in [0.2, 0.25) is 0 Å². The van der Waals surface area contributed by atoms with Crippen LogP contribution in [0.25, 0.3) is 0 Å². The molecule has 3 nitrogen and oxygen atoms in total. The Bertz CT molecular complexity index is 578. The molecule has 1 aliphatic heterocycles. The zero-order chi connectivity index (χ0) is 14.7. The second kappa shape index (κ2) is 6.41. The summed E-state index contributed by atoms with van der Waals surface area (Å²) in [5.74, 6) is 0.658. The molecule has 110 valence electrons. The van der Waals surface area contributed by atoms with E-state index < -0.39 is 0 Å². The monoisotopic (exact) mass is 300 g/mol. The van der Waals surface area contributed by atoms with Crippen molar-refractivity contribution >= 4 is 17.2 Å². The molecule has 0 radical (unpaired) electrons. The molecule has 1 fully saturated rings. The average Bonchev–Trinajstić information content (AvgIpc) is 2.97. The third-order valence-electron chi connectivity index (χ3n) is 4.18. The minimum absolute atomic E-state index is 0.0471. The minimum atomic E-state index is -0.0471. The molecule has 1 amide bonds. The molecule has 1 aromatic heterocycles. The van der Waals surface area contributed by atoms with Crippen LogP contribution < -0.4 is 10.6 Å². The van der Waals surface area contributed by atoms with Gasteiger partial charge in [-0.25, -0.2) is 0 Å². The molecule has 0 spiro atoms. The third kappa shape index (κ3) is 3.17. The molecular formula is C17H20N2OS. The van der Waals surface area contributed by atoms with Gasteiger partial charge in [-0.3, -0.25) is 4.79 Å². The number of thiophene rings is 1. The maximum Gasteiger partial charge on any atom is 0.223 e. The quantitative estimate of drug-likeness (QED) is 0.891. The number of benzene rings is 1. The second-order valence-electron chi connectivity index (χ2n) is 5.57. The number of amides is 1. The van der Waals surface area contributed by atoms with Crippen molar-refractivity contribution < 1.29 is 4.79 Å². The zero-order valence-corrected chi connectivity index (χ0v) is 12.9. The zero-order valence-electron chi connectivity index (χ0n) is 12.1. The molecule has 2 unspecified atom stereocenters. The molecule has 2 heterocycles. The van der Waals surface area contributed by atoms with Gasteiger partial charge in [-0.15, -0.1) is 11.3 Å². The van der Waals surface area contributed by atoms with Crippen LogP contribution in [-0.4, -0.2) is 19.0 Å². The van der Waals surface area contributed by atoms with Crippen molar-refractivity contribution in [3.8, 4) is 0 Å². The normalized spacial score (nSPS) is 17.8. The van der Waals surface area contributed by atoms with Crippen LogP contribution in [0.1, 0.15) is 23.4 Å². The topological polar surface area (TPSA) is 41.1 Å². The Morgan fingerprint density at radius 1 is 1.24 bits per heavy atom. The lowest BCUT2D eigenvalue weighted by atomic mass is 9.88. The van der Waals surface area contributed by atoms with E-state index in [-0.39, 0.29) is 17.9 Å². The summed E-state index contributed by atoms with van der Waals surface area (Å²) in [5, 5.41) is 8.51. The van der Waals surface area contributed by atoms with E-state index in [9.17, 15) is 4.79 Å². The lowest BCUT2D eigenvalue weighted by Gasteiger charge is -2.32. The molecule has 21 heavy (non-hydrogen) atoms. The summed E-state index contributed by atoms with van der Waals surface area (Å²) in [6, 6.07) is 14.2. The largest absolute Gasteiger partial charge is 0.344 e. The van der Waals surface area contributed by atoms with E-state index in [1.165, 1.54) is 4.88 Å². The fraction of sp³-hybridized carbons (Fsp3) is 0.353. The van der Waals surface area contributed by atoms with Gasteiger partial charge >= 0.3 is 0 Å². The van der Waals surface area contributed by atoms with E-state index in [0.29, 0.717) is 5.92 Å². The first-order valence-corrected chi connectivity index (χ1v) is 8.23. The van der Waals surface area contributed by atoms with Gasteiger partial charge in [0.15, 0.2) is 0 Å². The van der Waals surface area contributed by atoms with Gasteiger partial charge in [0.1, 0.15) is 0 Å². The standard InChI is InChI=1S/C17H20N2OS/c1-12(14-10-18-11-14)17(20)19-16(15-8-5-9-21-15)13-6-3-2-4-7-13/h2-9,12,14,16,18H,10-11H2,1H3,(H,19,20). The number of hydrogen-bond acceptors (Lipinski definition) is 3. The van der Waals surface area contributed by atoms with Gasteiger partial charge in [-0.1, -0.05) is 43.3 Å². The Morgan fingerprint density at radius 3 is 2.57 bits per heavy atom. The lowest BCUT2D eigenvalue weighted by Crippen LogP contribution is -2.50. The molecule has 1 aromatic carbocycles. The Labute approximate surface area is 129 Å². The Kier molecular flexibility index (Phi) is 4.36. The first kappa shape index (κ1) is 14.3. The number of carbonyl (C=O) groups excluding carboxylic acids is 1. The van der Waals surface area contributed by atoms with Gasteiger partial charge in [-0.05, 0) is 36.0 Å². The van der Waals surface area contributed by atoms with E-state index in [4.69, 9.17) is 0 Å². The van der Waals surface area contributed by atoms with E-state index in [0.717, 1.165) is 18.7 Å². The van der Waals surface area contributed by atoms with Crippen molar-refractivity contribution in [3.63, 3.8) is 0 Å². The lowest BCUT2D eigenvalue weighted by molar-refractivity contribution is -0.127. The van der Waals surface area contributed by atoms with Crippen molar-refractivity contribution in [1.29, 1.82) is 0 Å². The van der Waals surface area contributed by atoms with Gasteiger partial charge in [0.25, 0.3) is 0 Å². The van der Waals surface area contributed by atoms with Crippen molar-refractivity contribution in [2.45, 2.75) is 13.0 Å². The SMILES string of the molecule is CC(C(=O)NC(c1ccccc1)c1cccs1)C1CNC1. The van der Waals surface area contributed by atoms with Gasteiger partial charge < -0.3 is 10.6 Å². The highest BCUT2D eigenvalue weighted by Gasteiger charge is 2.30. The van der Waals surface area contributed by atoms with Crippen molar-refractivity contribution in [1.82, 2.24) is 10.6 Å². The number of carbonyl (C=O) groups is 1. The van der Waals surface area contributed by atoms with E-state index in [1.54, 1.807) is 11.3 Å². The van der Waals surface area contributed by atoms with E-state index in [1.807, 2.05) is 31.2 Å². The van der Waals surface area contributed by atoms with E-state index >= 15 is 0 Å². The van der Waals surface area contributed by atoms with Crippen LogP contribution in [0, 0.1) is 11.8 Å². The highest BCUT2D eigenvalue weighted by atomic mass is 32.1. The maximum atomic E-state index is 12.5. The molecule has 4 heteroatoms. The van der Waals surface area contributed by atoms with Crippen molar-refractivity contribution in [2.75, 3.05) is 13.1 Å². The molecule has 2 N–H and O–H groups in total. The van der Waals surface area contributed by atoms with Crippen LogP contribution >= 0.6 is 11.3 Å². The molecular weight excluding hydrogens is 280 g/mol. The van der Waals surface area contributed by atoms with Crippen LogP contribution in [0.4, 0.5) is 0 Å². The van der Waals surface area contributed by atoms with Crippen LogP contribution in [0.15, 0.2) is 47.8 Å². The molecule has 3 rings (SSSR count). The summed E-state index contributed by atoms with van der Waals surface area (Å²) in [5.41, 5.74) is 1.13. The van der Waals surface area contributed by atoms with Crippen molar-refractivity contribution in [3.05, 3.63) is 58.3 Å². The Hall–Kier alpha value is -1.65. The molecule has 2 aromatic rings. The number of rotatable bonds is 5. The van der Waals surface area contributed by atoms with Gasteiger partial charge in [0.05, 0.1) is 6.04 Å². The fourth-order valence-electron chi connectivity index (χ4n) is 2.57. The molecule has 0 saturated carbocycles. The maximum absolute atomic E-state index is 12.5. The van der Waals surface area contributed by atoms with Crippen LogP contribution in [0.5, 0.6) is 0 Å². The minimum Gasteiger partial charge on any atom is -0.344 e. The van der Waals surface area contributed by atoms with E-state index in [2.05, 4.69) is 34.2 Å². The second-order valence-corrected chi connectivity index (χ2v) is 6.55. The van der Waals surface area contributed by atoms with Gasteiger partial charge in [0.2, 0.25) is 5.91 Å². The third-order valence-corrected chi connectivity index (χ3v) is 5.12. The first-order chi connectivity index (χ1) is 10.3.